The van der Waals surface area contributed by atoms with Crippen molar-refractivity contribution in [3.63, 3.8) is 0 Å². The molecule has 7 nitrogen and oxygen atoms in total. The molecule has 0 aliphatic carbocycles. The van der Waals surface area contributed by atoms with E-state index in [-0.39, 0.29) is 0 Å². The molecule has 19 heavy (non-hydrogen) atoms. The monoisotopic (exact) mass is 251 g/mol. The Morgan fingerprint density at radius 1 is 1.00 bits per heavy atom. The molecule has 0 radical (unpaired) electrons. The van der Waals surface area contributed by atoms with Crippen LogP contribution in [-0.4, -0.2) is 34.6 Å². The summed E-state index contributed by atoms with van der Waals surface area (Å²) in [6.07, 6.45) is 3.20. The van der Waals surface area contributed by atoms with Gasteiger partial charge in [-0.2, -0.15) is 0 Å². The van der Waals surface area contributed by atoms with Crippen molar-refractivity contribution in [3.05, 3.63) is 48.5 Å². The third-order valence-electron chi connectivity index (χ3n) is 2.97. The van der Waals surface area contributed by atoms with Crippen LogP contribution in [0.25, 0.3) is 16.8 Å². The fraction of sp³-hybridized carbons (Fsp3) is 0.0833. The highest BCUT2D eigenvalue weighted by Crippen LogP contribution is 2.14. The maximum absolute atomic E-state index is 4.35. The number of hydrogen-bond donors (Lipinski definition) is 0. The van der Waals surface area contributed by atoms with Crippen LogP contribution < -0.4 is 0 Å². The summed E-state index contributed by atoms with van der Waals surface area (Å²) >= 11 is 0. The molecule has 4 rings (SSSR count). The van der Waals surface area contributed by atoms with Gasteiger partial charge in [-0.1, -0.05) is 30.3 Å². The first-order valence-corrected chi connectivity index (χ1v) is 5.83. The minimum absolute atomic E-state index is 0.622. The summed E-state index contributed by atoms with van der Waals surface area (Å²) in [4.78, 5) is 8.49. The fourth-order valence-electron chi connectivity index (χ4n) is 2.08. The van der Waals surface area contributed by atoms with E-state index in [1.54, 1.807) is 6.33 Å². The van der Waals surface area contributed by atoms with E-state index in [0.717, 1.165) is 0 Å². The standard InChI is InChI=1S/C12H9N7/c1-2-4-9(5-3-1)6-18-8-14-10-11-13-7-15-19(11)17-16-12(10)18/h1-5,7-8H,6H2. The Morgan fingerprint density at radius 3 is 2.79 bits per heavy atom. The zero-order valence-electron chi connectivity index (χ0n) is 9.88. The topological polar surface area (TPSA) is 73.8 Å². The molecule has 3 aromatic heterocycles. The van der Waals surface area contributed by atoms with Crippen molar-refractivity contribution in [1.29, 1.82) is 0 Å². The molecular weight excluding hydrogens is 242 g/mol. The van der Waals surface area contributed by atoms with Crippen molar-refractivity contribution in [2.75, 3.05) is 0 Å². The SMILES string of the molecule is c1ccc(Cn2cnc3c2nnn2ncnc32)cc1. The summed E-state index contributed by atoms with van der Waals surface area (Å²) < 4.78 is 3.33. The summed E-state index contributed by atoms with van der Waals surface area (Å²) in [5.41, 5.74) is 3.23. The highest BCUT2D eigenvalue weighted by atomic mass is 15.5. The summed E-state index contributed by atoms with van der Waals surface area (Å²) in [6, 6.07) is 10.1. The summed E-state index contributed by atoms with van der Waals surface area (Å²) in [6.45, 7) is 0.705. The van der Waals surface area contributed by atoms with Crippen LogP contribution in [-0.2, 0) is 6.54 Å². The normalized spacial score (nSPS) is 11.4. The Balaban J connectivity index is 1.87. The molecule has 0 N–H and O–H groups in total. The lowest BCUT2D eigenvalue weighted by molar-refractivity contribution is 0.715. The third-order valence-corrected chi connectivity index (χ3v) is 2.97. The van der Waals surface area contributed by atoms with Gasteiger partial charge in [0.05, 0.1) is 12.9 Å². The van der Waals surface area contributed by atoms with Gasteiger partial charge in [-0.25, -0.2) is 9.97 Å². The molecular formula is C12H9N7. The van der Waals surface area contributed by atoms with Crippen LogP contribution in [0.1, 0.15) is 5.56 Å². The van der Waals surface area contributed by atoms with Crippen LogP contribution in [0.5, 0.6) is 0 Å². The predicted octanol–water partition coefficient (Wildman–Crippen LogP) is 0.917. The van der Waals surface area contributed by atoms with E-state index >= 15 is 0 Å². The van der Waals surface area contributed by atoms with E-state index in [0.29, 0.717) is 23.4 Å². The zero-order valence-corrected chi connectivity index (χ0v) is 9.88. The molecule has 0 bridgehead atoms. The first-order valence-electron chi connectivity index (χ1n) is 5.83. The molecule has 3 heterocycles. The van der Waals surface area contributed by atoms with Crippen LogP contribution in [0.15, 0.2) is 43.0 Å². The smallest absolute Gasteiger partial charge is 0.207 e. The molecule has 0 saturated carbocycles. The summed E-state index contributed by atoms with van der Waals surface area (Å²) in [7, 11) is 0. The second-order valence-corrected chi connectivity index (χ2v) is 4.19. The Kier molecular flexibility index (Phi) is 2.05. The van der Waals surface area contributed by atoms with Crippen LogP contribution in [0.4, 0.5) is 0 Å². The van der Waals surface area contributed by atoms with Crippen LogP contribution in [0.2, 0.25) is 0 Å². The lowest BCUT2D eigenvalue weighted by atomic mass is 10.2. The van der Waals surface area contributed by atoms with Crippen molar-refractivity contribution in [3.8, 4) is 0 Å². The molecule has 92 valence electrons. The minimum atomic E-state index is 0.622. The van der Waals surface area contributed by atoms with Crippen LogP contribution in [0, 0.1) is 0 Å². The molecule has 0 amide bonds. The highest BCUT2D eigenvalue weighted by molar-refractivity contribution is 5.84. The molecule has 0 aliphatic heterocycles. The second-order valence-electron chi connectivity index (χ2n) is 4.19. The van der Waals surface area contributed by atoms with Gasteiger partial charge in [0.15, 0.2) is 11.2 Å². The average molecular weight is 251 g/mol. The van der Waals surface area contributed by atoms with E-state index in [4.69, 9.17) is 0 Å². The van der Waals surface area contributed by atoms with E-state index < -0.39 is 0 Å². The van der Waals surface area contributed by atoms with Gasteiger partial charge in [0.2, 0.25) is 5.65 Å². The maximum atomic E-state index is 4.35. The number of rotatable bonds is 2. The molecule has 0 saturated heterocycles. The molecule has 7 heteroatoms. The van der Waals surface area contributed by atoms with Gasteiger partial charge in [-0.05, 0) is 10.8 Å². The van der Waals surface area contributed by atoms with Gasteiger partial charge in [-0.15, -0.1) is 14.8 Å². The number of nitrogens with zero attached hydrogens (tertiary/aromatic N) is 7. The molecule has 0 unspecified atom stereocenters. The van der Waals surface area contributed by atoms with Crippen molar-refractivity contribution in [2.24, 2.45) is 0 Å². The maximum Gasteiger partial charge on any atom is 0.207 e. The van der Waals surface area contributed by atoms with Crippen LogP contribution >= 0.6 is 0 Å². The first-order chi connectivity index (χ1) is 9.42. The second kappa shape index (κ2) is 3.84. The Bertz CT molecular complexity index is 846. The summed E-state index contributed by atoms with van der Waals surface area (Å²) in [5, 5.41) is 12.1. The average Bonchev–Trinajstić information content (AvgIpc) is 3.06. The molecule has 0 fully saturated rings. The van der Waals surface area contributed by atoms with E-state index in [1.807, 2.05) is 22.8 Å². The van der Waals surface area contributed by atoms with Crippen molar-refractivity contribution >= 4 is 16.8 Å². The van der Waals surface area contributed by atoms with Gasteiger partial charge >= 0.3 is 0 Å². The number of imidazole rings is 1. The number of fused-ring (bicyclic) bond motifs is 3. The number of hydrogen-bond acceptors (Lipinski definition) is 5. The molecule has 4 aromatic rings. The molecule has 0 aliphatic rings. The van der Waals surface area contributed by atoms with Crippen molar-refractivity contribution in [2.45, 2.75) is 6.54 Å². The van der Waals surface area contributed by atoms with E-state index in [1.165, 1.54) is 16.5 Å². The largest absolute Gasteiger partial charge is 0.309 e. The van der Waals surface area contributed by atoms with Gasteiger partial charge < -0.3 is 4.57 Å². The zero-order chi connectivity index (χ0) is 12.7. The van der Waals surface area contributed by atoms with E-state index in [2.05, 4.69) is 37.5 Å². The quantitative estimate of drug-likeness (QED) is 0.529. The lowest BCUT2D eigenvalue weighted by Gasteiger charge is -2.02. The first kappa shape index (κ1) is 10.1. The predicted molar refractivity (Wildman–Crippen MR) is 67.4 cm³/mol. The van der Waals surface area contributed by atoms with Gasteiger partial charge in [0.25, 0.3) is 0 Å². The fourth-order valence-corrected chi connectivity index (χ4v) is 2.08. The minimum Gasteiger partial charge on any atom is -0.309 e. The van der Waals surface area contributed by atoms with Gasteiger partial charge in [0, 0.05) is 0 Å². The van der Waals surface area contributed by atoms with Gasteiger partial charge in [0.1, 0.15) is 6.33 Å². The van der Waals surface area contributed by atoms with Gasteiger partial charge in [-0.3, -0.25) is 0 Å². The number of aromatic nitrogens is 7. The van der Waals surface area contributed by atoms with Crippen molar-refractivity contribution < 1.29 is 0 Å². The Hall–Kier alpha value is -2.83. The highest BCUT2D eigenvalue weighted by Gasteiger charge is 2.11. The molecule has 0 spiro atoms. The Morgan fingerprint density at radius 2 is 1.89 bits per heavy atom. The number of benzene rings is 1. The van der Waals surface area contributed by atoms with Crippen molar-refractivity contribution in [1.82, 2.24) is 34.6 Å². The van der Waals surface area contributed by atoms with E-state index in [9.17, 15) is 0 Å². The summed E-state index contributed by atoms with van der Waals surface area (Å²) in [5.74, 6) is 0. The molecule has 1 aromatic carbocycles. The lowest BCUT2D eigenvalue weighted by Crippen LogP contribution is -2.03. The van der Waals surface area contributed by atoms with Crippen LogP contribution in [0.3, 0.4) is 0 Å². The third kappa shape index (κ3) is 1.55. The molecule has 0 atom stereocenters. The Labute approximate surface area is 107 Å².